The highest BCUT2D eigenvalue weighted by Gasteiger charge is 2.15. The highest BCUT2D eigenvalue weighted by molar-refractivity contribution is 5.76. The van der Waals surface area contributed by atoms with Crippen LogP contribution < -0.4 is 4.74 Å². The molecule has 2 rings (SSSR count). The van der Waals surface area contributed by atoms with Crippen molar-refractivity contribution in [1.82, 2.24) is 9.47 Å². The summed E-state index contributed by atoms with van der Waals surface area (Å²) >= 11 is 0. The fraction of sp³-hybridized carbons (Fsp3) is 0.621. The number of methoxy groups -OCH3 is 1. The Bertz CT molecular complexity index is 783. The molecule has 0 aliphatic rings. The van der Waals surface area contributed by atoms with Gasteiger partial charge in [-0.1, -0.05) is 83.8 Å². The Balaban J connectivity index is 1.83. The Morgan fingerprint density at radius 3 is 2.27 bits per heavy atom. The maximum Gasteiger partial charge on any atom is 0.222 e. The summed E-state index contributed by atoms with van der Waals surface area (Å²) in [4.78, 5) is 15.1. The third-order valence-electron chi connectivity index (χ3n) is 6.39. The van der Waals surface area contributed by atoms with Crippen LogP contribution in [-0.2, 0) is 17.9 Å². The van der Waals surface area contributed by atoms with Crippen LogP contribution in [0.1, 0.15) is 102 Å². The molecule has 0 radical (unpaired) electrons. The summed E-state index contributed by atoms with van der Waals surface area (Å²) in [5.41, 5.74) is 2.39. The molecule has 4 heteroatoms. The number of ether oxygens (including phenoxy) is 1. The number of carbonyl (C=O) groups is 1. The number of unbranched alkanes of at least 4 members (excludes halogenated alkanes) is 9. The first kappa shape index (κ1) is 27.0. The van der Waals surface area contributed by atoms with E-state index < -0.39 is 0 Å². The van der Waals surface area contributed by atoms with Crippen LogP contribution in [0.4, 0.5) is 0 Å². The van der Waals surface area contributed by atoms with Crippen LogP contribution in [0.3, 0.4) is 0 Å². The lowest BCUT2D eigenvalue weighted by Crippen LogP contribution is -2.32. The van der Waals surface area contributed by atoms with Gasteiger partial charge in [0.1, 0.15) is 5.75 Å². The molecule has 4 nitrogen and oxygen atoms in total. The zero-order valence-electron chi connectivity index (χ0n) is 21.4. The van der Waals surface area contributed by atoms with Crippen molar-refractivity contribution < 1.29 is 9.53 Å². The maximum absolute atomic E-state index is 13.0. The first-order valence-corrected chi connectivity index (χ1v) is 13.2. The zero-order chi connectivity index (χ0) is 23.7. The second kappa shape index (κ2) is 16.4. The predicted octanol–water partition coefficient (Wildman–Crippen LogP) is 7.59. The number of hydrogen-bond donors (Lipinski definition) is 0. The molecule has 1 heterocycles. The molecule has 0 unspecified atom stereocenters. The Morgan fingerprint density at radius 2 is 1.58 bits per heavy atom. The second-order valence-corrected chi connectivity index (χ2v) is 9.23. The first-order chi connectivity index (χ1) is 16.2. The molecule has 0 aliphatic heterocycles. The molecule has 0 spiro atoms. The van der Waals surface area contributed by atoms with Crippen molar-refractivity contribution in [3.63, 3.8) is 0 Å². The normalized spacial score (nSPS) is 11.0. The quantitative estimate of drug-likeness (QED) is 0.217. The molecule has 0 fully saturated rings. The predicted molar refractivity (Wildman–Crippen MR) is 139 cm³/mol. The highest BCUT2D eigenvalue weighted by atomic mass is 16.5. The molecule has 184 valence electrons. The van der Waals surface area contributed by atoms with E-state index in [2.05, 4.69) is 53.8 Å². The van der Waals surface area contributed by atoms with Crippen LogP contribution in [0.2, 0.25) is 0 Å². The SMILES string of the molecule is CCCCCCCCCCCC(=O)N(CCCC)Cc1cccn1Cc1cccc(OC)c1. The average Bonchev–Trinajstić information content (AvgIpc) is 3.26. The van der Waals surface area contributed by atoms with Gasteiger partial charge in [0.2, 0.25) is 5.91 Å². The fourth-order valence-corrected chi connectivity index (χ4v) is 4.30. The van der Waals surface area contributed by atoms with Crippen LogP contribution in [0, 0.1) is 0 Å². The van der Waals surface area contributed by atoms with Gasteiger partial charge in [-0.05, 0) is 42.7 Å². The van der Waals surface area contributed by atoms with Crippen LogP contribution >= 0.6 is 0 Å². The summed E-state index contributed by atoms with van der Waals surface area (Å²) in [6.45, 7) is 6.77. The van der Waals surface area contributed by atoms with E-state index in [-0.39, 0.29) is 0 Å². The number of rotatable bonds is 18. The van der Waals surface area contributed by atoms with Crippen molar-refractivity contribution in [1.29, 1.82) is 0 Å². The maximum atomic E-state index is 13.0. The number of amides is 1. The summed E-state index contributed by atoms with van der Waals surface area (Å²) in [6, 6.07) is 12.4. The van der Waals surface area contributed by atoms with E-state index in [9.17, 15) is 4.79 Å². The van der Waals surface area contributed by atoms with Gasteiger partial charge in [0.05, 0.1) is 13.7 Å². The van der Waals surface area contributed by atoms with Gasteiger partial charge >= 0.3 is 0 Å². The standard InChI is InChI=1S/C29H46N2O2/c1-4-6-8-9-10-11-12-13-14-20-29(32)31(21-7-5-2)25-27-18-16-22-30(27)24-26-17-15-19-28(23-26)33-3/h15-19,22-23H,4-14,20-21,24-25H2,1-3H3. The van der Waals surface area contributed by atoms with E-state index in [1.807, 2.05) is 12.1 Å². The Kier molecular flexibility index (Phi) is 13.4. The molecule has 2 aromatic rings. The molecule has 0 saturated carbocycles. The third kappa shape index (κ3) is 10.5. The topological polar surface area (TPSA) is 34.5 Å². The van der Waals surface area contributed by atoms with Crippen molar-refractivity contribution in [3.05, 3.63) is 53.9 Å². The Morgan fingerprint density at radius 1 is 0.879 bits per heavy atom. The second-order valence-electron chi connectivity index (χ2n) is 9.23. The summed E-state index contributed by atoms with van der Waals surface area (Å²) in [5.74, 6) is 1.18. The lowest BCUT2D eigenvalue weighted by Gasteiger charge is -2.24. The van der Waals surface area contributed by atoms with Crippen LogP contribution in [-0.4, -0.2) is 29.0 Å². The molecular weight excluding hydrogens is 408 g/mol. The minimum absolute atomic E-state index is 0.306. The summed E-state index contributed by atoms with van der Waals surface area (Å²) in [7, 11) is 1.70. The van der Waals surface area contributed by atoms with Gasteiger partial charge < -0.3 is 14.2 Å². The summed E-state index contributed by atoms with van der Waals surface area (Å²) in [6.07, 6.45) is 16.5. The monoisotopic (exact) mass is 454 g/mol. The third-order valence-corrected chi connectivity index (χ3v) is 6.39. The molecule has 0 N–H and O–H groups in total. The molecule has 0 aliphatic carbocycles. The van der Waals surface area contributed by atoms with E-state index >= 15 is 0 Å². The Labute approximate surface area is 202 Å². The molecule has 0 atom stereocenters. The van der Waals surface area contributed by atoms with E-state index in [1.54, 1.807) is 7.11 Å². The molecule has 1 aromatic carbocycles. The molecule has 1 aromatic heterocycles. The van der Waals surface area contributed by atoms with Gasteiger partial charge in [-0.25, -0.2) is 0 Å². The molecule has 0 bridgehead atoms. The molecular formula is C29H46N2O2. The van der Waals surface area contributed by atoms with E-state index in [1.165, 1.54) is 62.6 Å². The summed E-state index contributed by atoms with van der Waals surface area (Å²) < 4.78 is 7.62. The fourth-order valence-electron chi connectivity index (χ4n) is 4.30. The average molecular weight is 455 g/mol. The van der Waals surface area contributed by atoms with Crippen LogP contribution in [0.15, 0.2) is 42.6 Å². The number of hydrogen-bond acceptors (Lipinski definition) is 2. The molecule has 0 saturated heterocycles. The van der Waals surface area contributed by atoms with Crippen molar-refractivity contribution in [2.45, 2.75) is 104 Å². The van der Waals surface area contributed by atoms with Gasteiger partial charge in [0.25, 0.3) is 0 Å². The minimum Gasteiger partial charge on any atom is -0.497 e. The van der Waals surface area contributed by atoms with Crippen LogP contribution in [0.25, 0.3) is 0 Å². The van der Waals surface area contributed by atoms with E-state index in [0.29, 0.717) is 18.9 Å². The minimum atomic E-state index is 0.306. The molecule has 1 amide bonds. The number of benzene rings is 1. The largest absolute Gasteiger partial charge is 0.497 e. The van der Waals surface area contributed by atoms with Gasteiger partial charge in [-0.15, -0.1) is 0 Å². The van der Waals surface area contributed by atoms with Gasteiger partial charge in [0.15, 0.2) is 0 Å². The highest BCUT2D eigenvalue weighted by Crippen LogP contribution is 2.17. The lowest BCUT2D eigenvalue weighted by molar-refractivity contribution is -0.132. The number of nitrogens with zero attached hydrogens (tertiary/aromatic N) is 2. The van der Waals surface area contributed by atoms with E-state index in [4.69, 9.17) is 4.74 Å². The van der Waals surface area contributed by atoms with Crippen molar-refractivity contribution in [2.75, 3.05) is 13.7 Å². The van der Waals surface area contributed by atoms with Crippen molar-refractivity contribution >= 4 is 5.91 Å². The molecule has 33 heavy (non-hydrogen) atoms. The van der Waals surface area contributed by atoms with Gasteiger partial charge in [0, 0.05) is 31.4 Å². The van der Waals surface area contributed by atoms with Gasteiger partial charge in [-0.2, -0.15) is 0 Å². The van der Waals surface area contributed by atoms with Crippen LogP contribution in [0.5, 0.6) is 5.75 Å². The van der Waals surface area contributed by atoms with Crippen molar-refractivity contribution in [2.24, 2.45) is 0 Å². The number of carbonyl (C=O) groups excluding carboxylic acids is 1. The van der Waals surface area contributed by atoms with Gasteiger partial charge in [-0.3, -0.25) is 4.79 Å². The lowest BCUT2D eigenvalue weighted by atomic mass is 10.1. The van der Waals surface area contributed by atoms with Crippen molar-refractivity contribution in [3.8, 4) is 5.75 Å². The van der Waals surface area contributed by atoms with E-state index in [0.717, 1.165) is 38.1 Å². The Hall–Kier alpha value is -2.23. The number of aromatic nitrogens is 1. The first-order valence-electron chi connectivity index (χ1n) is 13.2. The smallest absolute Gasteiger partial charge is 0.222 e. The summed E-state index contributed by atoms with van der Waals surface area (Å²) in [5, 5.41) is 0. The zero-order valence-corrected chi connectivity index (χ0v) is 21.4.